The van der Waals surface area contributed by atoms with Crippen molar-refractivity contribution in [2.24, 2.45) is 0 Å². The summed E-state index contributed by atoms with van der Waals surface area (Å²) in [6, 6.07) is 9.03. The Bertz CT molecular complexity index is 865. The van der Waals surface area contributed by atoms with Crippen LogP contribution in [-0.4, -0.2) is 25.9 Å². The molecule has 0 saturated heterocycles. The van der Waals surface area contributed by atoms with Gasteiger partial charge in [-0.1, -0.05) is 6.07 Å². The summed E-state index contributed by atoms with van der Waals surface area (Å²) in [6.07, 6.45) is 3.17. The first-order valence-corrected chi connectivity index (χ1v) is 8.46. The Labute approximate surface area is 152 Å². The normalized spacial score (nSPS) is 14.6. The van der Waals surface area contributed by atoms with Crippen molar-refractivity contribution in [2.45, 2.75) is 0 Å². The molecule has 0 spiro atoms. The Hall–Kier alpha value is -2.67. The third-order valence-electron chi connectivity index (χ3n) is 3.71. The van der Waals surface area contributed by atoms with Crippen molar-refractivity contribution in [3.8, 4) is 23.0 Å². The van der Waals surface area contributed by atoms with Crippen molar-refractivity contribution in [2.75, 3.05) is 25.3 Å². The maximum absolute atomic E-state index is 12.2. The molecule has 25 heavy (non-hydrogen) atoms. The summed E-state index contributed by atoms with van der Waals surface area (Å²) in [5.41, 5.74) is 1.46. The van der Waals surface area contributed by atoms with Crippen LogP contribution in [0.25, 0.3) is 6.08 Å². The number of fused-ring (bicyclic) bond motifs is 2. The third-order valence-corrected chi connectivity index (χ3v) is 4.37. The number of hydrogen-bond acceptors (Lipinski definition) is 5. The lowest BCUT2D eigenvalue weighted by Gasteiger charge is -2.19. The van der Waals surface area contributed by atoms with Crippen LogP contribution < -0.4 is 24.3 Å². The summed E-state index contributed by atoms with van der Waals surface area (Å²) in [5.74, 6) is 2.41. The highest BCUT2D eigenvalue weighted by molar-refractivity contribution is 9.10. The molecule has 0 atom stereocenters. The monoisotopic (exact) mass is 403 g/mol. The molecule has 7 heteroatoms. The number of carbonyl (C=O) groups excluding carboxylic acids is 1. The van der Waals surface area contributed by atoms with Crippen molar-refractivity contribution >= 4 is 33.6 Å². The Kier molecular flexibility index (Phi) is 4.23. The van der Waals surface area contributed by atoms with Crippen LogP contribution in [0.3, 0.4) is 0 Å². The maximum Gasteiger partial charge on any atom is 0.248 e. The number of carbonyl (C=O) groups is 1. The van der Waals surface area contributed by atoms with Gasteiger partial charge in [-0.2, -0.15) is 0 Å². The lowest BCUT2D eigenvalue weighted by atomic mass is 10.2. The molecule has 0 unspecified atom stereocenters. The van der Waals surface area contributed by atoms with E-state index in [1.807, 2.05) is 18.2 Å². The summed E-state index contributed by atoms with van der Waals surface area (Å²) >= 11 is 3.43. The topological polar surface area (TPSA) is 66.0 Å². The van der Waals surface area contributed by atoms with Crippen LogP contribution in [-0.2, 0) is 4.79 Å². The molecule has 6 nitrogen and oxygen atoms in total. The van der Waals surface area contributed by atoms with E-state index in [9.17, 15) is 4.79 Å². The highest BCUT2D eigenvalue weighted by atomic mass is 79.9. The molecule has 4 rings (SSSR count). The molecule has 2 aromatic rings. The first-order chi connectivity index (χ1) is 12.2. The number of hydrogen-bond donors (Lipinski definition) is 1. The van der Waals surface area contributed by atoms with E-state index in [0.717, 1.165) is 10.0 Å². The first-order valence-electron chi connectivity index (χ1n) is 7.67. The molecule has 1 N–H and O–H groups in total. The van der Waals surface area contributed by atoms with E-state index in [1.54, 1.807) is 18.2 Å². The zero-order valence-corrected chi connectivity index (χ0v) is 14.7. The van der Waals surface area contributed by atoms with Gasteiger partial charge in [0, 0.05) is 22.7 Å². The average Bonchev–Trinajstić information content (AvgIpc) is 3.08. The second-order valence-corrected chi connectivity index (χ2v) is 6.27. The van der Waals surface area contributed by atoms with Crippen molar-refractivity contribution in [1.82, 2.24) is 0 Å². The fourth-order valence-corrected chi connectivity index (χ4v) is 2.94. The van der Waals surface area contributed by atoms with E-state index in [-0.39, 0.29) is 12.7 Å². The van der Waals surface area contributed by atoms with Crippen LogP contribution in [0.1, 0.15) is 5.56 Å². The summed E-state index contributed by atoms with van der Waals surface area (Å²) in [7, 11) is 0. The summed E-state index contributed by atoms with van der Waals surface area (Å²) in [5, 5.41) is 2.82. The molecule has 0 aliphatic carbocycles. The lowest BCUT2D eigenvalue weighted by Crippen LogP contribution is -2.16. The van der Waals surface area contributed by atoms with Gasteiger partial charge in [0.2, 0.25) is 12.7 Å². The van der Waals surface area contributed by atoms with E-state index >= 15 is 0 Å². The van der Waals surface area contributed by atoms with Crippen LogP contribution in [0.2, 0.25) is 0 Å². The number of halogens is 1. The van der Waals surface area contributed by atoms with Gasteiger partial charge in [0.1, 0.15) is 13.2 Å². The van der Waals surface area contributed by atoms with Gasteiger partial charge in [-0.3, -0.25) is 4.79 Å². The minimum atomic E-state index is -0.255. The number of nitrogens with one attached hydrogen (secondary N) is 1. The molecule has 128 valence electrons. The van der Waals surface area contributed by atoms with E-state index < -0.39 is 0 Å². The van der Waals surface area contributed by atoms with Crippen LogP contribution in [0.4, 0.5) is 5.69 Å². The summed E-state index contributed by atoms with van der Waals surface area (Å²) in [6.45, 7) is 1.23. The molecule has 0 aromatic heterocycles. The van der Waals surface area contributed by atoms with Gasteiger partial charge in [0.25, 0.3) is 0 Å². The quantitative estimate of drug-likeness (QED) is 0.793. The van der Waals surface area contributed by atoms with Crippen LogP contribution in [0.15, 0.2) is 40.9 Å². The fourth-order valence-electron chi connectivity index (χ4n) is 2.52. The SMILES string of the molecule is O=C(/C=C/c1ccc2c(c1)OCO2)Nc1cc2c(cc1Br)OCCO2. The lowest BCUT2D eigenvalue weighted by molar-refractivity contribution is -0.111. The Balaban J connectivity index is 1.47. The zero-order chi connectivity index (χ0) is 17.2. The standard InChI is InChI=1S/C18H14BrNO5/c19-12-8-16-17(23-6-5-22-16)9-13(12)20-18(21)4-2-11-1-3-14-15(7-11)25-10-24-14/h1-4,7-9H,5-6,10H2,(H,20,21)/b4-2+. The van der Waals surface area contributed by atoms with Gasteiger partial charge in [-0.15, -0.1) is 0 Å². The van der Waals surface area contributed by atoms with Gasteiger partial charge in [-0.25, -0.2) is 0 Å². The number of ether oxygens (including phenoxy) is 4. The largest absolute Gasteiger partial charge is 0.486 e. The molecule has 0 radical (unpaired) electrons. The predicted octanol–water partition coefficient (Wildman–Crippen LogP) is 3.60. The van der Waals surface area contributed by atoms with E-state index in [0.29, 0.717) is 41.9 Å². The first kappa shape index (κ1) is 15.8. The van der Waals surface area contributed by atoms with Crippen molar-refractivity contribution in [1.29, 1.82) is 0 Å². The van der Waals surface area contributed by atoms with E-state index in [1.165, 1.54) is 6.08 Å². The van der Waals surface area contributed by atoms with Crippen LogP contribution in [0.5, 0.6) is 23.0 Å². The predicted molar refractivity (Wildman–Crippen MR) is 95.4 cm³/mol. The number of amides is 1. The molecule has 0 bridgehead atoms. The Morgan fingerprint density at radius 3 is 2.52 bits per heavy atom. The smallest absolute Gasteiger partial charge is 0.248 e. The van der Waals surface area contributed by atoms with Gasteiger partial charge < -0.3 is 24.3 Å². The average molecular weight is 404 g/mol. The Morgan fingerprint density at radius 1 is 0.960 bits per heavy atom. The van der Waals surface area contributed by atoms with E-state index in [2.05, 4.69) is 21.2 Å². The molecule has 1 amide bonds. The number of anilines is 1. The fraction of sp³-hybridized carbons (Fsp3) is 0.167. The van der Waals surface area contributed by atoms with E-state index in [4.69, 9.17) is 18.9 Å². The van der Waals surface area contributed by atoms with Gasteiger partial charge >= 0.3 is 0 Å². The summed E-state index contributed by atoms with van der Waals surface area (Å²) in [4.78, 5) is 12.2. The Morgan fingerprint density at radius 2 is 1.68 bits per heavy atom. The molecule has 2 aliphatic heterocycles. The molecular weight excluding hydrogens is 390 g/mol. The number of benzene rings is 2. The van der Waals surface area contributed by atoms with Gasteiger partial charge in [0.05, 0.1) is 5.69 Å². The van der Waals surface area contributed by atoms with Gasteiger partial charge in [-0.05, 0) is 39.7 Å². The third kappa shape index (κ3) is 3.41. The second-order valence-electron chi connectivity index (χ2n) is 5.41. The van der Waals surface area contributed by atoms with Crippen molar-refractivity contribution in [3.05, 3.63) is 46.4 Å². The second kappa shape index (κ2) is 6.68. The summed E-state index contributed by atoms with van der Waals surface area (Å²) < 4.78 is 22.3. The molecular formula is C18H14BrNO5. The highest BCUT2D eigenvalue weighted by Gasteiger charge is 2.16. The molecule has 0 saturated carbocycles. The van der Waals surface area contributed by atoms with Crippen molar-refractivity contribution in [3.63, 3.8) is 0 Å². The molecule has 2 aromatic carbocycles. The molecule has 0 fully saturated rings. The highest BCUT2D eigenvalue weighted by Crippen LogP contribution is 2.38. The molecule has 2 aliphatic rings. The molecule has 2 heterocycles. The minimum absolute atomic E-state index is 0.223. The van der Waals surface area contributed by atoms with Crippen molar-refractivity contribution < 1.29 is 23.7 Å². The van der Waals surface area contributed by atoms with Crippen LogP contribution >= 0.6 is 15.9 Å². The minimum Gasteiger partial charge on any atom is -0.486 e. The maximum atomic E-state index is 12.2. The number of rotatable bonds is 3. The van der Waals surface area contributed by atoms with Crippen LogP contribution in [0, 0.1) is 0 Å². The zero-order valence-electron chi connectivity index (χ0n) is 13.1. The van der Waals surface area contributed by atoms with Gasteiger partial charge in [0.15, 0.2) is 23.0 Å².